The normalized spacial score (nSPS) is 13.9. The van der Waals surface area contributed by atoms with Crippen LogP contribution in [0.1, 0.15) is 59.6 Å². The van der Waals surface area contributed by atoms with Crippen molar-refractivity contribution >= 4 is 35.2 Å². The van der Waals surface area contributed by atoms with Crippen molar-refractivity contribution in [1.29, 1.82) is 0 Å². The quantitative estimate of drug-likeness (QED) is 0.180. The van der Waals surface area contributed by atoms with Gasteiger partial charge in [-0.25, -0.2) is 13.9 Å². The van der Waals surface area contributed by atoms with Crippen molar-refractivity contribution in [2.24, 2.45) is 0 Å². The molecule has 266 valence electrons. The van der Waals surface area contributed by atoms with E-state index < -0.39 is 23.7 Å². The molecule has 1 aliphatic rings. The van der Waals surface area contributed by atoms with Crippen molar-refractivity contribution in [2.45, 2.75) is 25.8 Å². The number of carbonyl (C=O) groups is 4. The number of halogens is 2. The van der Waals surface area contributed by atoms with Crippen molar-refractivity contribution in [1.82, 2.24) is 30.1 Å². The monoisotopic (exact) mass is 722 g/mol. The number of likely N-dealkylation sites (N-methyl/N-ethyl adjacent to an activating group) is 1. The standard InChI is InChI=1S/C39H36ClFN6O5/c1-23-35(43-44-47(23)32-9-5-8-31(40)34(32)41)38(50)46-20-18-29-28(25-14-16-26(17-15-25)37(49)42-19-21-45(2)3)6-4-7-30(29)36(46)33(48)22-24-10-12-27(13-11-24)39(51)52/h4-17,36H,18-22H2,1-3H3,(H,42,49)(H,51,52). The van der Waals surface area contributed by atoms with Gasteiger partial charge in [0, 0.05) is 31.6 Å². The Morgan fingerprint density at radius 2 is 1.65 bits per heavy atom. The summed E-state index contributed by atoms with van der Waals surface area (Å²) in [6, 6.07) is 22.3. The van der Waals surface area contributed by atoms with Gasteiger partial charge in [0.25, 0.3) is 11.8 Å². The van der Waals surface area contributed by atoms with Crippen LogP contribution < -0.4 is 5.32 Å². The van der Waals surface area contributed by atoms with Crippen LogP contribution in [0.4, 0.5) is 4.39 Å². The molecule has 2 amide bonds. The Balaban J connectivity index is 1.35. The second kappa shape index (κ2) is 15.3. The third-order valence-electron chi connectivity index (χ3n) is 9.13. The fourth-order valence-electron chi connectivity index (χ4n) is 6.41. The largest absolute Gasteiger partial charge is 0.478 e. The Morgan fingerprint density at radius 1 is 0.962 bits per heavy atom. The summed E-state index contributed by atoms with van der Waals surface area (Å²) >= 11 is 6.01. The predicted molar refractivity (Wildman–Crippen MR) is 193 cm³/mol. The molecule has 13 heteroatoms. The number of amides is 2. The number of carbonyl (C=O) groups excluding carboxylic acids is 3. The zero-order chi connectivity index (χ0) is 37.1. The van der Waals surface area contributed by atoms with E-state index in [4.69, 9.17) is 11.6 Å². The van der Waals surface area contributed by atoms with Gasteiger partial charge in [0.05, 0.1) is 16.3 Å². The first-order chi connectivity index (χ1) is 24.9. The van der Waals surface area contributed by atoms with E-state index in [1.54, 1.807) is 37.3 Å². The van der Waals surface area contributed by atoms with E-state index in [2.05, 4.69) is 15.6 Å². The van der Waals surface area contributed by atoms with Crippen LogP contribution in [0.25, 0.3) is 16.8 Å². The molecule has 0 bridgehead atoms. The van der Waals surface area contributed by atoms with Gasteiger partial charge >= 0.3 is 5.97 Å². The lowest BCUT2D eigenvalue weighted by atomic mass is 9.83. The first-order valence-electron chi connectivity index (χ1n) is 16.6. The van der Waals surface area contributed by atoms with Crippen molar-refractivity contribution in [3.8, 4) is 16.8 Å². The first kappa shape index (κ1) is 36.1. The van der Waals surface area contributed by atoms with Gasteiger partial charge in [0.15, 0.2) is 17.3 Å². The van der Waals surface area contributed by atoms with E-state index in [0.717, 1.165) is 16.7 Å². The number of aromatic nitrogens is 3. The van der Waals surface area contributed by atoms with Gasteiger partial charge in [-0.05, 0) is 91.7 Å². The van der Waals surface area contributed by atoms with Crippen LogP contribution in [-0.4, -0.2) is 87.2 Å². The highest BCUT2D eigenvalue weighted by molar-refractivity contribution is 6.30. The summed E-state index contributed by atoms with van der Waals surface area (Å²) in [5.74, 6) is -2.81. The second-order valence-electron chi connectivity index (χ2n) is 12.8. The topological polar surface area (TPSA) is 138 Å². The molecule has 0 radical (unpaired) electrons. The number of rotatable bonds is 11. The lowest BCUT2D eigenvalue weighted by molar-refractivity contribution is -0.123. The molecule has 0 aliphatic carbocycles. The van der Waals surface area contributed by atoms with E-state index in [9.17, 15) is 28.7 Å². The molecule has 0 saturated carbocycles. The molecule has 6 rings (SSSR count). The number of carboxylic acids is 1. The Labute approximate surface area is 304 Å². The van der Waals surface area contributed by atoms with Crippen LogP contribution in [0, 0.1) is 12.7 Å². The lowest BCUT2D eigenvalue weighted by Gasteiger charge is -2.37. The Hall–Kier alpha value is -5.72. The average molecular weight is 723 g/mol. The number of nitrogens with zero attached hydrogens (tertiary/aromatic N) is 5. The van der Waals surface area contributed by atoms with E-state index in [-0.39, 0.29) is 52.3 Å². The van der Waals surface area contributed by atoms with Crippen molar-refractivity contribution < 1.29 is 28.7 Å². The molecular weight excluding hydrogens is 687 g/mol. The summed E-state index contributed by atoms with van der Waals surface area (Å²) < 4.78 is 16.1. The number of nitrogens with one attached hydrogen (secondary N) is 1. The maximum atomic E-state index is 14.9. The third-order valence-corrected chi connectivity index (χ3v) is 9.42. The first-order valence-corrected chi connectivity index (χ1v) is 17.0. The molecular formula is C39H36ClFN6O5. The van der Waals surface area contributed by atoms with E-state index in [1.807, 2.05) is 49.3 Å². The highest BCUT2D eigenvalue weighted by atomic mass is 35.5. The SMILES string of the molecule is Cc1c(C(=O)N2CCc3c(-c4ccc(C(=O)NCCN(C)C)cc4)cccc3C2C(=O)Cc2ccc(C(=O)O)cc2)nnn1-c1cccc(Cl)c1F. The van der Waals surface area contributed by atoms with Crippen LogP contribution in [0.5, 0.6) is 0 Å². The zero-order valence-electron chi connectivity index (χ0n) is 28.8. The van der Waals surface area contributed by atoms with Crippen molar-refractivity contribution in [2.75, 3.05) is 33.7 Å². The molecule has 1 aliphatic heterocycles. The van der Waals surface area contributed by atoms with Gasteiger partial charge in [-0.1, -0.05) is 65.3 Å². The Morgan fingerprint density at radius 3 is 2.35 bits per heavy atom. The van der Waals surface area contributed by atoms with E-state index in [0.29, 0.717) is 36.2 Å². The highest BCUT2D eigenvalue weighted by Gasteiger charge is 2.38. The van der Waals surface area contributed by atoms with Crippen molar-refractivity contribution in [3.63, 3.8) is 0 Å². The Bertz CT molecular complexity index is 2170. The summed E-state index contributed by atoms with van der Waals surface area (Å²) in [6.07, 6.45) is 0.340. The molecule has 5 aromatic rings. The number of Topliss-reactive ketones (excluding diaryl/α,β-unsaturated/α-hetero) is 1. The maximum Gasteiger partial charge on any atom is 0.335 e. The molecule has 1 unspecified atom stereocenters. The van der Waals surface area contributed by atoms with E-state index >= 15 is 0 Å². The van der Waals surface area contributed by atoms with Gasteiger partial charge in [-0.2, -0.15) is 0 Å². The molecule has 11 nitrogen and oxygen atoms in total. The van der Waals surface area contributed by atoms with Crippen LogP contribution in [0.2, 0.25) is 5.02 Å². The predicted octanol–water partition coefficient (Wildman–Crippen LogP) is 5.58. The number of benzene rings is 4. The molecule has 4 aromatic carbocycles. The van der Waals surface area contributed by atoms with Gasteiger partial charge in [0.1, 0.15) is 11.7 Å². The van der Waals surface area contributed by atoms with Crippen LogP contribution in [-0.2, 0) is 17.6 Å². The third kappa shape index (κ3) is 7.34. The van der Waals surface area contributed by atoms with Crippen LogP contribution in [0.15, 0.2) is 84.9 Å². The molecule has 2 N–H and O–H groups in total. The molecule has 52 heavy (non-hydrogen) atoms. The maximum absolute atomic E-state index is 14.9. The summed E-state index contributed by atoms with van der Waals surface area (Å²) in [6.45, 7) is 2.99. The minimum Gasteiger partial charge on any atom is -0.478 e. The van der Waals surface area contributed by atoms with E-state index in [1.165, 1.54) is 33.8 Å². The lowest BCUT2D eigenvalue weighted by Crippen LogP contribution is -2.44. The molecule has 1 aromatic heterocycles. The summed E-state index contributed by atoms with van der Waals surface area (Å²) in [5.41, 5.74) is 4.69. The number of ketones is 1. The molecule has 0 spiro atoms. The number of hydrogen-bond donors (Lipinski definition) is 2. The van der Waals surface area contributed by atoms with Crippen LogP contribution in [0.3, 0.4) is 0 Å². The number of fused-ring (bicyclic) bond motifs is 1. The minimum atomic E-state index is -1.08. The van der Waals surface area contributed by atoms with Gasteiger partial charge in [-0.15, -0.1) is 5.10 Å². The van der Waals surface area contributed by atoms with Gasteiger partial charge in [0.2, 0.25) is 0 Å². The summed E-state index contributed by atoms with van der Waals surface area (Å²) in [7, 11) is 3.87. The molecule has 0 fully saturated rings. The fourth-order valence-corrected chi connectivity index (χ4v) is 6.58. The number of carboxylic acid groups (broad SMARTS) is 1. The number of hydrogen-bond acceptors (Lipinski definition) is 7. The Kier molecular flexibility index (Phi) is 10.6. The molecule has 2 heterocycles. The van der Waals surface area contributed by atoms with Crippen LogP contribution >= 0.6 is 11.6 Å². The molecule has 0 saturated heterocycles. The summed E-state index contributed by atoms with van der Waals surface area (Å²) in [5, 5.41) is 20.3. The fraction of sp³-hybridized carbons (Fsp3) is 0.231. The zero-order valence-corrected chi connectivity index (χ0v) is 29.5. The van der Waals surface area contributed by atoms with Gasteiger partial charge < -0.3 is 20.2 Å². The van der Waals surface area contributed by atoms with Crippen molar-refractivity contribution in [3.05, 3.63) is 135 Å². The summed E-state index contributed by atoms with van der Waals surface area (Å²) in [4.78, 5) is 56.2. The average Bonchev–Trinajstić information content (AvgIpc) is 3.52. The highest BCUT2D eigenvalue weighted by Crippen LogP contribution is 2.38. The second-order valence-corrected chi connectivity index (χ2v) is 13.2. The molecule has 1 atom stereocenters. The smallest absolute Gasteiger partial charge is 0.335 e. The minimum absolute atomic E-state index is 0.0275. The van der Waals surface area contributed by atoms with Gasteiger partial charge in [-0.3, -0.25) is 14.4 Å². The number of aromatic carboxylic acids is 1.